The molecule has 0 saturated carbocycles. The SMILES string of the molecule is NC(=S)c1ccc(F)cc1CN1CCC(CO)C1. The molecule has 1 aliphatic rings. The third kappa shape index (κ3) is 3.04. The molecule has 1 aliphatic heterocycles. The van der Waals surface area contributed by atoms with Gasteiger partial charge < -0.3 is 10.8 Å². The fraction of sp³-hybridized carbons (Fsp3) is 0.462. The molecule has 5 heteroatoms. The zero-order valence-electron chi connectivity index (χ0n) is 10.1. The number of thiocarbonyl (C=S) groups is 1. The predicted molar refractivity (Wildman–Crippen MR) is 72.8 cm³/mol. The molecule has 3 N–H and O–H groups in total. The van der Waals surface area contributed by atoms with E-state index in [9.17, 15) is 4.39 Å². The zero-order valence-corrected chi connectivity index (χ0v) is 10.9. The minimum absolute atomic E-state index is 0.210. The first-order chi connectivity index (χ1) is 8.60. The highest BCUT2D eigenvalue weighted by Gasteiger charge is 2.22. The largest absolute Gasteiger partial charge is 0.396 e. The molecule has 1 aromatic carbocycles. The lowest BCUT2D eigenvalue weighted by Gasteiger charge is -2.18. The van der Waals surface area contributed by atoms with Crippen LogP contribution in [0.15, 0.2) is 18.2 Å². The Morgan fingerprint density at radius 3 is 2.94 bits per heavy atom. The molecule has 0 radical (unpaired) electrons. The van der Waals surface area contributed by atoms with Crippen LogP contribution in [0, 0.1) is 11.7 Å². The van der Waals surface area contributed by atoms with E-state index in [4.69, 9.17) is 23.1 Å². The molecule has 1 aromatic rings. The maximum absolute atomic E-state index is 13.3. The quantitative estimate of drug-likeness (QED) is 0.808. The van der Waals surface area contributed by atoms with Crippen molar-refractivity contribution in [3.05, 3.63) is 35.1 Å². The number of rotatable bonds is 4. The highest BCUT2D eigenvalue weighted by Crippen LogP contribution is 2.20. The summed E-state index contributed by atoms with van der Waals surface area (Å²) in [7, 11) is 0. The summed E-state index contributed by atoms with van der Waals surface area (Å²) in [6, 6.07) is 4.49. The summed E-state index contributed by atoms with van der Waals surface area (Å²) in [4.78, 5) is 2.49. The van der Waals surface area contributed by atoms with Gasteiger partial charge in [-0.1, -0.05) is 12.2 Å². The van der Waals surface area contributed by atoms with E-state index in [0.717, 1.165) is 30.6 Å². The molecule has 1 fully saturated rings. The van der Waals surface area contributed by atoms with Crippen molar-refractivity contribution >= 4 is 17.2 Å². The average Bonchev–Trinajstić information content (AvgIpc) is 2.76. The summed E-state index contributed by atoms with van der Waals surface area (Å²) in [6.07, 6.45) is 0.980. The summed E-state index contributed by atoms with van der Waals surface area (Å²) in [5.41, 5.74) is 7.20. The smallest absolute Gasteiger partial charge is 0.123 e. The minimum Gasteiger partial charge on any atom is -0.396 e. The van der Waals surface area contributed by atoms with Gasteiger partial charge in [0.15, 0.2) is 0 Å². The molecule has 0 aromatic heterocycles. The van der Waals surface area contributed by atoms with Gasteiger partial charge in [0.05, 0.1) is 0 Å². The molecule has 0 aliphatic carbocycles. The standard InChI is InChI=1S/C13H17FN2OS/c14-11-1-2-12(13(15)18)10(5-11)7-16-4-3-9(6-16)8-17/h1-2,5,9,17H,3-4,6-8H2,(H2,15,18). The lowest BCUT2D eigenvalue weighted by atomic mass is 10.1. The molecule has 0 spiro atoms. The van der Waals surface area contributed by atoms with E-state index < -0.39 is 0 Å². The number of hydrogen-bond donors (Lipinski definition) is 2. The Hall–Kier alpha value is -1.04. The second-order valence-electron chi connectivity index (χ2n) is 4.74. The van der Waals surface area contributed by atoms with E-state index in [2.05, 4.69) is 4.90 Å². The van der Waals surface area contributed by atoms with Gasteiger partial charge in [-0.25, -0.2) is 4.39 Å². The van der Waals surface area contributed by atoms with Crippen LogP contribution in [-0.2, 0) is 6.54 Å². The molecule has 98 valence electrons. The molecule has 1 heterocycles. The van der Waals surface area contributed by atoms with E-state index >= 15 is 0 Å². The van der Waals surface area contributed by atoms with Crippen LogP contribution >= 0.6 is 12.2 Å². The second-order valence-corrected chi connectivity index (χ2v) is 5.18. The van der Waals surface area contributed by atoms with Crippen molar-refractivity contribution in [2.75, 3.05) is 19.7 Å². The second kappa shape index (κ2) is 5.73. The van der Waals surface area contributed by atoms with Gasteiger partial charge in [0.2, 0.25) is 0 Å². The fourth-order valence-corrected chi connectivity index (χ4v) is 2.58. The molecule has 0 amide bonds. The number of hydrogen-bond acceptors (Lipinski definition) is 3. The van der Waals surface area contributed by atoms with Gasteiger partial charge in [-0.15, -0.1) is 0 Å². The summed E-state index contributed by atoms with van der Waals surface area (Å²) in [5.74, 6) is 0.0507. The molecule has 1 saturated heterocycles. The third-order valence-corrected chi connectivity index (χ3v) is 3.57. The summed E-state index contributed by atoms with van der Waals surface area (Å²) in [5, 5.41) is 9.11. The van der Waals surface area contributed by atoms with Crippen LogP contribution < -0.4 is 5.73 Å². The summed E-state index contributed by atoms with van der Waals surface area (Å²) >= 11 is 4.98. The highest BCUT2D eigenvalue weighted by atomic mass is 32.1. The van der Waals surface area contributed by atoms with Crippen molar-refractivity contribution in [2.24, 2.45) is 11.7 Å². The molecule has 1 unspecified atom stereocenters. The van der Waals surface area contributed by atoms with Crippen molar-refractivity contribution < 1.29 is 9.50 Å². The zero-order chi connectivity index (χ0) is 13.1. The number of halogens is 1. The van der Waals surface area contributed by atoms with E-state index in [-0.39, 0.29) is 12.4 Å². The predicted octanol–water partition coefficient (Wildman–Crippen LogP) is 1.27. The van der Waals surface area contributed by atoms with Crippen molar-refractivity contribution in [3.63, 3.8) is 0 Å². The van der Waals surface area contributed by atoms with Crippen molar-refractivity contribution in [1.82, 2.24) is 4.90 Å². The van der Waals surface area contributed by atoms with Crippen LogP contribution in [0.3, 0.4) is 0 Å². The number of likely N-dealkylation sites (tertiary alicyclic amines) is 1. The highest BCUT2D eigenvalue weighted by molar-refractivity contribution is 7.80. The van der Waals surface area contributed by atoms with E-state index in [1.54, 1.807) is 6.07 Å². The van der Waals surface area contributed by atoms with Crippen LogP contribution in [0.25, 0.3) is 0 Å². The summed E-state index contributed by atoms with van der Waals surface area (Å²) in [6.45, 7) is 2.59. The molecular formula is C13H17FN2OS. The van der Waals surface area contributed by atoms with Crippen LogP contribution in [0.4, 0.5) is 4.39 Å². The number of nitrogens with two attached hydrogens (primary N) is 1. The minimum atomic E-state index is -0.275. The van der Waals surface area contributed by atoms with Gasteiger partial charge >= 0.3 is 0 Å². The van der Waals surface area contributed by atoms with Crippen LogP contribution in [-0.4, -0.2) is 34.7 Å². The Bertz CT molecular complexity index is 453. The van der Waals surface area contributed by atoms with Crippen molar-refractivity contribution in [3.8, 4) is 0 Å². The Morgan fingerprint density at radius 2 is 2.33 bits per heavy atom. The number of aliphatic hydroxyl groups excluding tert-OH is 1. The van der Waals surface area contributed by atoms with Gasteiger partial charge in [0.1, 0.15) is 10.8 Å². The molecular weight excluding hydrogens is 251 g/mol. The monoisotopic (exact) mass is 268 g/mol. The fourth-order valence-electron chi connectivity index (χ4n) is 2.38. The molecule has 0 bridgehead atoms. The van der Waals surface area contributed by atoms with Gasteiger partial charge in [-0.2, -0.15) is 0 Å². The third-order valence-electron chi connectivity index (χ3n) is 3.35. The van der Waals surface area contributed by atoms with Gasteiger partial charge in [0, 0.05) is 25.3 Å². The normalized spacial score (nSPS) is 20.2. The van der Waals surface area contributed by atoms with Gasteiger partial charge in [-0.3, -0.25) is 4.90 Å². The number of benzene rings is 1. The van der Waals surface area contributed by atoms with E-state index in [0.29, 0.717) is 17.5 Å². The van der Waals surface area contributed by atoms with Crippen LogP contribution in [0.2, 0.25) is 0 Å². The van der Waals surface area contributed by atoms with Gasteiger partial charge in [0.25, 0.3) is 0 Å². The average molecular weight is 268 g/mol. The Labute approximate surface area is 111 Å². The van der Waals surface area contributed by atoms with Crippen molar-refractivity contribution in [1.29, 1.82) is 0 Å². The first kappa shape index (κ1) is 13.4. The van der Waals surface area contributed by atoms with Crippen molar-refractivity contribution in [2.45, 2.75) is 13.0 Å². The van der Waals surface area contributed by atoms with E-state index in [1.165, 1.54) is 12.1 Å². The Balaban J connectivity index is 2.13. The first-order valence-corrected chi connectivity index (χ1v) is 6.42. The van der Waals surface area contributed by atoms with Gasteiger partial charge in [-0.05, 0) is 42.6 Å². The Morgan fingerprint density at radius 1 is 1.56 bits per heavy atom. The Kier molecular flexibility index (Phi) is 4.27. The number of nitrogens with zero attached hydrogens (tertiary/aromatic N) is 1. The lowest BCUT2D eigenvalue weighted by molar-refractivity contribution is 0.220. The lowest BCUT2D eigenvalue weighted by Crippen LogP contribution is -2.23. The van der Waals surface area contributed by atoms with E-state index in [1.807, 2.05) is 0 Å². The van der Waals surface area contributed by atoms with Crippen LogP contribution in [0.1, 0.15) is 17.5 Å². The molecule has 18 heavy (non-hydrogen) atoms. The maximum atomic E-state index is 13.3. The topological polar surface area (TPSA) is 49.5 Å². The first-order valence-electron chi connectivity index (χ1n) is 6.01. The molecule has 2 rings (SSSR count). The maximum Gasteiger partial charge on any atom is 0.123 e. The van der Waals surface area contributed by atoms with Crippen LogP contribution in [0.5, 0.6) is 0 Å². The molecule has 3 nitrogen and oxygen atoms in total. The summed E-state index contributed by atoms with van der Waals surface area (Å²) < 4.78 is 13.3. The number of aliphatic hydroxyl groups is 1. The molecule has 1 atom stereocenters.